The number of fused-ring (bicyclic) bond motifs is 1. The lowest BCUT2D eigenvalue weighted by atomic mass is 9.80. The van der Waals surface area contributed by atoms with Gasteiger partial charge in [-0.25, -0.2) is 8.78 Å². The summed E-state index contributed by atoms with van der Waals surface area (Å²) in [6, 6.07) is 4.39. The number of hydrogen-bond acceptors (Lipinski definition) is 6. The van der Waals surface area contributed by atoms with Crippen molar-refractivity contribution in [3.63, 3.8) is 0 Å². The van der Waals surface area contributed by atoms with Crippen molar-refractivity contribution in [2.75, 3.05) is 18.5 Å². The fraction of sp³-hybridized carbons (Fsp3) is 0.600. The Balaban J connectivity index is 1.30. The Morgan fingerprint density at radius 2 is 1.77 bits per heavy atom. The van der Waals surface area contributed by atoms with Crippen LogP contribution in [0.2, 0.25) is 0 Å². The molecule has 1 unspecified atom stereocenters. The minimum Gasteiger partial charge on any atom is -0.370 e. The molecular formula is C25H30F2N4O4. The van der Waals surface area contributed by atoms with Gasteiger partial charge in [0.25, 0.3) is 11.8 Å². The van der Waals surface area contributed by atoms with E-state index in [1.807, 2.05) is 7.05 Å². The SMILES string of the molecule is CN(c1ccc2c(c1)C(=O)N(C1CCC(=O)NC1=O)C2=O)[C@H]1CCCC[C@H]1NCC1CC(F)(F)C1. The number of piperidine rings is 1. The van der Waals surface area contributed by atoms with Crippen LogP contribution in [0.25, 0.3) is 0 Å². The predicted octanol–water partition coefficient (Wildman–Crippen LogP) is 2.47. The van der Waals surface area contributed by atoms with E-state index in [1.165, 1.54) is 0 Å². The normalized spacial score (nSPS) is 28.5. The third kappa shape index (κ3) is 4.44. The molecule has 35 heavy (non-hydrogen) atoms. The van der Waals surface area contributed by atoms with Gasteiger partial charge < -0.3 is 10.2 Å². The number of hydrogen-bond donors (Lipinski definition) is 2. The topological polar surface area (TPSA) is 98.8 Å². The van der Waals surface area contributed by atoms with E-state index in [-0.39, 0.29) is 54.8 Å². The Kier molecular flexibility index (Phi) is 6.11. The highest BCUT2D eigenvalue weighted by molar-refractivity contribution is 6.23. The second-order valence-corrected chi connectivity index (χ2v) is 10.3. The number of alkyl halides is 2. The maximum atomic E-state index is 13.2. The van der Waals surface area contributed by atoms with Crippen molar-refractivity contribution < 1.29 is 28.0 Å². The first-order valence-corrected chi connectivity index (χ1v) is 12.3. The average Bonchev–Trinajstić information content (AvgIpc) is 3.05. The van der Waals surface area contributed by atoms with Gasteiger partial charge in [-0.05, 0) is 49.9 Å². The zero-order valence-corrected chi connectivity index (χ0v) is 19.7. The number of anilines is 1. The van der Waals surface area contributed by atoms with Gasteiger partial charge in [-0.15, -0.1) is 0 Å². The summed E-state index contributed by atoms with van der Waals surface area (Å²) in [5.41, 5.74) is 1.28. The van der Waals surface area contributed by atoms with Crippen LogP contribution in [0.5, 0.6) is 0 Å². The predicted molar refractivity (Wildman–Crippen MR) is 123 cm³/mol. The van der Waals surface area contributed by atoms with Gasteiger partial charge in [-0.1, -0.05) is 12.8 Å². The van der Waals surface area contributed by atoms with E-state index in [4.69, 9.17) is 0 Å². The minimum atomic E-state index is -2.52. The molecule has 1 aromatic rings. The summed E-state index contributed by atoms with van der Waals surface area (Å²) in [5, 5.41) is 5.72. The van der Waals surface area contributed by atoms with E-state index < -0.39 is 35.6 Å². The molecule has 2 heterocycles. The molecule has 10 heteroatoms. The first-order chi connectivity index (χ1) is 16.6. The van der Waals surface area contributed by atoms with Crippen molar-refractivity contribution in [2.45, 2.75) is 75.4 Å². The van der Waals surface area contributed by atoms with Crippen LogP contribution in [-0.4, -0.2) is 66.2 Å². The number of imide groups is 2. The van der Waals surface area contributed by atoms with Crippen LogP contribution < -0.4 is 15.5 Å². The quantitative estimate of drug-likeness (QED) is 0.597. The van der Waals surface area contributed by atoms with Crippen molar-refractivity contribution in [1.29, 1.82) is 0 Å². The Hall–Kier alpha value is -2.88. The Bertz CT molecular complexity index is 1070. The summed E-state index contributed by atoms with van der Waals surface area (Å²) in [6.45, 7) is 0.572. The van der Waals surface area contributed by atoms with Crippen LogP contribution in [0.4, 0.5) is 14.5 Å². The zero-order chi connectivity index (χ0) is 24.9. The molecule has 2 aliphatic heterocycles. The lowest BCUT2D eigenvalue weighted by Gasteiger charge is -2.42. The number of nitrogens with one attached hydrogen (secondary N) is 2. The molecule has 2 N–H and O–H groups in total. The van der Waals surface area contributed by atoms with Gasteiger partial charge in [0.15, 0.2) is 0 Å². The average molecular weight is 489 g/mol. The fourth-order valence-corrected chi connectivity index (χ4v) is 5.93. The molecule has 4 amide bonds. The van der Waals surface area contributed by atoms with Gasteiger partial charge in [0.2, 0.25) is 17.7 Å². The molecule has 0 aromatic heterocycles. The summed E-state index contributed by atoms with van der Waals surface area (Å²) in [5.74, 6) is -4.62. The largest absolute Gasteiger partial charge is 0.370 e. The van der Waals surface area contributed by atoms with E-state index in [1.54, 1.807) is 18.2 Å². The van der Waals surface area contributed by atoms with Crippen molar-refractivity contribution in [3.8, 4) is 0 Å². The number of nitrogens with zero attached hydrogens (tertiary/aromatic N) is 2. The number of rotatable bonds is 6. The molecule has 1 saturated heterocycles. The highest BCUT2D eigenvalue weighted by Crippen LogP contribution is 2.42. The van der Waals surface area contributed by atoms with E-state index >= 15 is 0 Å². The standard InChI is InChI=1S/C25H30F2N4O4/c1-30(19-5-3-2-4-18(19)28-13-14-11-25(26,27)12-14)15-6-7-16-17(10-15)24(35)31(23(16)34)20-8-9-21(32)29-22(20)33/h6-7,10,14,18-20,28H,2-5,8-9,11-13H2,1H3,(H,29,32,33)/t18-,19+,20?/m1/s1. The van der Waals surface area contributed by atoms with Gasteiger partial charge >= 0.3 is 0 Å². The maximum absolute atomic E-state index is 13.2. The molecule has 4 aliphatic rings. The molecule has 1 aromatic carbocycles. The van der Waals surface area contributed by atoms with Gasteiger partial charge in [0.05, 0.1) is 11.1 Å². The molecule has 3 fully saturated rings. The fourth-order valence-electron chi connectivity index (χ4n) is 5.93. The molecule has 3 atom stereocenters. The van der Waals surface area contributed by atoms with Crippen LogP contribution in [0, 0.1) is 5.92 Å². The molecule has 0 spiro atoms. The summed E-state index contributed by atoms with van der Waals surface area (Å²) >= 11 is 0. The van der Waals surface area contributed by atoms with E-state index in [9.17, 15) is 28.0 Å². The van der Waals surface area contributed by atoms with Gasteiger partial charge in [-0.3, -0.25) is 29.4 Å². The van der Waals surface area contributed by atoms with Crippen LogP contribution in [0.3, 0.4) is 0 Å². The van der Waals surface area contributed by atoms with E-state index in [0.717, 1.165) is 36.3 Å². The summed E-state index contributed by atoms with van der Waals surface area (Å²) in [4.78, 5) is 53.0. The zero-order valence-electron chi connectivity index (χ0n) is 19.7. The highest BCUT2D eigenvalue weighted by Gasteiger charge is 2.46. The smallest absolute Gasteiger partial charge is 0.262 e. The summed E-state index contributed by atoms with van der Waals surface area (Å²) in [6.07, 6.45) is 4.08. The Morgan fingerprint density at radius 3 is 2.49 bits per heavy atom. The molecule has 5 rings (SSSR count). The first-order valence-electron chi connectivity index (χ1n) is 12.3. The third-order valence-corrected chi connectivity index (χ3v) is 7.90. The molecule has 188 valence electrons. The lowest BCUT2D eigenvalue weighted by Crippen LogP contribution is -2.54. The van der Waals surface area contributed by atoms with E-state index in [2.05, 4.69) is 15.5 Å². The molecule has 0 bridgehead atoms. The van der Waals surface area contributed by atoms with Crippen molar-refractivity contribution in [2.24, 2.45) is 5.92 Å². The van der Waals surface area contributed by atoms with Crippen LogP contribution >= 0.6 is 0 Å². The van der Waals surface area contributed by atoms with Crippen molar-refractivity contribution in [3.05, 3.63) is 29.3 Å². The molecule has 2 aliphatic carbocycles. The Labute approximate surface area is 202 Å². The monoisotopic (exact) mass is 488 g/mol. The second-order valence-electron chi connectivity index (χ2n) is 10.3. The van der Waals surface area contributed by atoms with Crippen LogP contribution in [-0.2, 0) is 9.59 Å². The summed E-state index contributed by atoms with van der Waals surface area (Å²) in [7, 11) is 1.95. The third-order valence-electron chi connectivity index (χ3n) is 7.90. The molecule has 0 radical (unpaired) electrons. The molecule has 8 nitrogen and oxygen atoms in total. The highest BCUT2D eigenvalue weighted by atomic mass is 19.3. The number of carbonyl (C=O) groups excluding carboxylic acids is 4. The molecule has 2 saturated carbocycles. The number of carbonyl (C=O) groups is 4. The maximum Gasteiger partial charge on any atom is 0.262 e. The second kappa shape index (κ2) is 8.96. The minimum absolute atomic E-state index is 0.000208. The van der Waals surface area contributed by atoms with Crippen LogP contribution in [0.15, 0.2) is 18.2 Å². The number of halogens is 2. The Morgan fingerprint density at radius 1 is 1.06 bits per heavy atom. The van der Waals surface area contributed by atoms with Crippen molar-refractivity contribution >= 4 is 29.3 Å². The number of amides is 4. The van der Waals surface area contributed by atoms with Crippen LogP contribution in [0.1, 0.15) is 72.1 Å². The lowest BCUT2D eigenvalue weighted by molar-refractivity contribution is -0.136. The van der Waals surface area contributed by atoms with Gasteiger partial charge in [0.1, 0.15) is 6.04 Å². The molecular weight excluding hydrogens is 458 g/mol. The van der Waals surface area contributed by atoms with Gasteiger partial charge in [-0.2, -0.15) is 0 Å². The van der Waals surface area contributed by atoms with Gasteiger partial charge in [0, 0.05) is 44.1 Å². The first kappa shape index (κ1) is 23.8. The number of benzene rings is 1. The summed E-state index contributed by atoms with van der Waals surface area (Å²) < 4.78 is 26.4. The van der Waals surface area contributed by atoms with Crippen molar-refractivity contribution in [1.82, 2.24) is 15.5 Å². The van der Waals surface area contributed by atoms with E-state index in [0.29, 0.717) is 6.54 Å². The number of likely N-dealkylation sites (N-methyl/N-ethyl adjacent to an activating group) is 1.